The van der Waals surface area contributed by atoms with Gasteiger partial charge in [-0.25, -0.2) is 0 Å². The van der Waals surface area contributed by atoms with Gasteiger partial charge in [0.15, 0.2) is 0 Å². The molecule has 0 aromatic rings. The molecule has 1 aliphatic rings. The smallest absolute Gasteiger partial charge is 0.359 e. The Morgan fingerprint density at radius 3 is 2.33 bits per heavy atom. The lowest BCUT2D eigenvalue weighted by Gasteiger charge is -2.46. The van der Waals surface area contributed by atoms with Gasteiger partial charge in [-0.3, -0.25) is 4.79 Å². The van der Waals surface area contributed by atoms with Crippen LogP contribution in [0.15, 0.2) is 0 Å². The van der Waals surface area contributed by atoms with Crippen LogP contribution in [0.25, 0.3) is 0 Å². The Bertz CT molecular complexity index is 307. The number of carbonyl (C=O) groups excluding carboxylic acids is 1. The molecule has 0 unspecified atom stereocenters. The molecule has 1 rings (SSSR count). The predicted octanol–water partition coefficient (Wildman–Crippen LogP) is 1.35. The summed E-state index contributed by atoms with van der Waals surface area (Å²) in [6.45, 7) is -0.0808. The number of β-lactam (4-membered cyclic amide) rings is 1. The van der Waals surface area contributed by atoms with Crippen LogP contribution in [0.4, 0.5) is 13.2 Å². The average Bonchev–Trinajstić information content (AvgIpc) is 2.41. The van der Waals surface area contributed by atoms with Gasteiger partial charge in [-0.05, 0) is 6.42 Å². The third kappa shape index (κ3) is 5.77. The van der Waals surface area contributed by atoms with Crippen LogP contribution < -0.4 is 0 Å². The van der Waals surface area contributed by atoms with Crippen molar-refractivity contribution in [1.29, 1.82) is 0 Å². The number of rotatable bonds is 10. The minimum absolute atomic E-state index is 0.00402. The molecule has 0 bridgehead atoms. The maximum atomic E-state index is 12.3. The molecule has 0 spiro atoms. The first-order chi connectivity index (χ1) is 9.90. The van der Waals surface area contributed by atoms with E-state index in [9.17, 15) is 18.0 Å². The quantitative estimate of drug-likeness (QED) is 0.346. The molecule has 0 radical (unpaired) electrons. The predicted molar refractivity (Wildman–Crippen MR) is 65.1 cm³/mol. The van der Waals surface area contributed by atoms with Gasteiger partial charge in [-0.2, -0.15) is 13.2 Å². The Morgan fingerprint density at radius 1 is 1.14 bits per heavy atom. The fourth-order valence-corrected chi connectivity index (χ4v) is 2.16. The fourth-order valence-electron chi connectivity index (χ4n) is 2.16. The first kappa shape index (κ1) is 18.1. The first-order valence-corrected chi connectivity index (χ1v) is 6.41. The van der Waals surface area contributed by atoms with Crippen LogP contribution in [0.3, 0.4) is 0 Å². The Balaban J connectivity index is 2.50. The van der Waals surface area contributed by atoms with Crippen molar-refractivity contribution in [3.63, 3.8) is 0 Å². The van der Waals surface area contributed by atoms with E-state index in [0.717, 1.165) is 0 Å². The first-order valence-electron chi connectivity index (χ1n) is 6.41. The van der Waals surface area contributed by atoms with Crippen LogP contribution in [0.1, 0.15) is 12.8 Å². The van der Waals surface area contributed by atoms with Crippen molar-refractivity contribution in [2.24, 2.45) is 5.92 Å². The molecule has 0 aromatic carbocycles. The number of methoxy groups -OCH3 is 2. The number of likely N-dealkylation sites (tertiary alicyclic amines) is 1. The number of hydrogen-bond acceptors (Lipinski definition) is 5. The number of halogens is 3. The number of carbonyl (C=O) groups is 1. The van der Waals surface area contributed by atoms with Crippen molar-refractivity contribution in [3.8, 4) is 0 Å². The van der Waals surface area contributed by atoms with Crippen molar-refractivity contribution in [2.45, 2.75) is 25.1 Å². The lowest BCUT2D eigenvalue weighted by atomic mass is 9.85. The molecule has 1 saturated heterocycles. The summed E-state index contributed by atoms with van der Waals surface area (Å²) in [5, 5.41) is 0. The van der Waals surface area contributed by atoms with Crippen LogP contribution in [-0.4, -0.2) is 64.2 Å². The van der Waals surface area contributed by atoms with Gasteiger partial charge in [0, 0.05) is 26.7 Å². The van der Waals surface area contributed by atoms with Gasteiger partial charge >= 0.3 is 6.18 Å². The maximum absolute atomic E-state index is 12.3. The summed E-state index contributed by atoms with van der Waals surface area (Å²) in [5.74, 6) is -0.872. The molecular weight excluding hydrogens is 295 g/mol. The van der Waals surface area contributed by atoms with Crippen molar-refractivity contribution in [1.82, 2.24) is 4.90 Å². The summed E-state index contributed by atoms with van der Waals surface area (Å²) in [7, 11) is 2.84. The van der Waals surface area contributed by atoms with Gasteiger partial charge in [-0.1, -0.05) is 0 Å². The minimum atomic E-state index is -4.25. The Kier molecular flexibility index (Phi) is 7.36. The lowest BCUT2D eigenvalue weighted by Crippen LogP contribution is -2.63. The molecule has 1 fully saturated rings. The van der Waals surface area contributed by atoms with Gasteiger partial charge < -0.3 is 23.8 Å². The number of hydrogen-bond donors (Lipinski definition) is 0. The number of ether oxygens (including phenoxy) is 4. The van der Waals surface area contributed by atoms with E-state index in [2.05, 4.69) is 9.47 Å². The molecule has 2 atom stereocenters. The Morgan fingerprint density at radius 2 is 1.76 bits per heavy atom. The highest BCUT2D eigenvalue weighted by Crippen LogP contribution is 2.33. The van der Waals surface area contributed by atoms with Gasteiger partial charge in [0.05, 0.1) is 12.5 Å². The molecule has 9 heteroatoms. The van der Waals surface area contributed by atoms with Crippen LogP contribution in [0, 0.1) is 5.92 Å². The van der Waals surface area contributed by atoms with Crippen molar-refractivity contribution >= 4 is 5.91 Å². The average molecular weight is 315 g/mol. The third-order valence-corrected chi connectivity index (χ3v) is 3.12. The van der Waals surface area contributed by atoms with Crippen LogP contribution >= 0.6 is 0 Å². The van der Waals surface area contributed by atoms with E-state index in [4.69, 9.17) is 9.47 Å². The standard InChI is InChI=1S/C12H20F3NO5/c1-18-7-20-5-9-10(3-4-12(13,14)15)16(11(9)17)6-21-8-19-2/h9-10H,3-8H2,1-2H3/t9-,10+/m1/s1. The summed E-state index contributed by atoms with van der Waals surface area (Å²) < 4.78 is 56.5. The topological polar surface area (TPSA) is 57.2 Å². The van der Waals surface area contributed by atoms with E-state index >= 15 is 0 Å². The van der Waals surface area contributed by atoms with E-state index in [1.54, 1.807) is 0 Å². The van der Waals surface area contributed by atoms with E-state index in [1.165, 1.54) is 19.1 Å². The zero-order chi connectivity index (χ0) is 15.9. The number of alkyl halides is 3. The second-order valence-electron chi connectivity index (χ2n) is 4.65. The molecule has 6 nitrogen and oxygen atoms in total. The maximum Gasteiger partial charge on any atom is 0.389 e. The molecule has 1 aliphatic heterocycles. The number of nitrogens with zero attached hydrogens (tertiary/aromatic N) is 1. The molecule has 0 N–H and O–H groups in total. The normalized spacial score (nSPS) is 22.5. The summed E-state index contributed by atoms with van der Waals surface area (Å²) in [6, 6.07) is -0.548. The second kappa shape index (κ2) is 8.52. The van der Waals surface area contributed by atoms with Crippen molar-refractivity contribution < 1.29 is 36.9 Å². The summed E-state index contributed by atoms with van der Waals surface area (Å²) in [6.07, 6.45) is -5.38. The van der Waals surface area contributed by atoms with E-state index < -0.39 is 24.6 Å². The monoisotopic (exact) mass is 315 g/mol. The zero-order valence-corrected chi connectivity index (χ0v) is 12.0. The van der Waals surface area contributed by atoms with Gasteiger partial charge in [0.25, 0.3) is 0 Å². The lowest BCUT2D eigenvalue weighted by molar-refractivity contribution is -0.188. The highest BCUT2D eigenvalue weighted by atomic mass is 19.4. The molecule has 124 valence electrons. The van der Waals surface area contributed by atoms with Gasteiger partial charge in [0.2, 0.25) is 5.91 Å². The molecular formula is C12H20F3NO5. The molecule has 0 saturated carbocycles. The van der Waals surface area contributed by atoms with Crippen molar-refractivity contribution in [2.75, 3.05) is 41.1 Å². The largest absolute Gasteiger partial charge is 0.389 e. The SMILES string of the molecule is COCOC[C@H]1C(=O)N(COCOC)[C@H]1CCC(F)(F)F. The van der Waals surface area contributed by atoms with Crippen molar-refractivity contribution in [3.05, 3.63) is 0 Å². The zero-order valence-electron chi connectivity index (χ0n) is 12.0. The van der Waals surface area contributed by atoms with Crippen LogP contribution in [0.5, 0.6) is 0 Å². The van der Waals surface area contributed by atoms with Crippen LogP contribution in [0.2, 0.25) is 0 Å². The molecule has 1 heterocycles. The number of amides is 1. The van der Waals surface area contributed by atoms with E-state index in [0.29, 0.717) is 0 Å². The summed E-state index contributed by atoms with van der Waals surface area (Å²) in [5.41, 5.74) is 0. The van der Waals surface area contributed by atoms with Crippen LogP contribution in [-0.2, 0) is 23.7 Å². The minimum Gasteiger partial charge on any atom is -0.359 e. The van der Waals surface area contributed by atoms with E-state index in [1.807, 2.05) is 0 Å². The van der Waals surface area contributed by atoms with E-state index in [-0.39, 0.29) is 39.3 Å². The highest BCUT2D eigenvalue weighted by molar-refractivity contribution is 5.86. The summed E-state index contributed by atoms with van der Waals surface area (Å²) >= 11 is 0. The Labute approximate surface area is 121 Å². The molecule has 0 aromatic heterocycles. The molecule has 21 heavy (non-hydrogen) atoms. The second-order valence-corrected chi connectivity index (χ2v) is 4.65. The molecule has 1 amide bonds. The summed E-state index contributed by atoms with van der Waals surface area (Å²) in [4.78, 5) is 13.2. The third-order valence-electron chi connectivity index (χ3n) is 3.12. The van der Waals surface area contributed by atoms with Gasteiger partial charge in [0.1, 0.15) is 20.3 Å². The molecule has 0 aliphatic carbocycles. The highest BCUT2D eigenvalue weighted by Gasteiger charge is 2.48. The Hall–Kier alpha value is -0.900. The van der Waals surface area contributed by atoms with Gasteiger partial charge in [-0.15, -0.1) is 0 Å². The fraction of sp³-hybridized carbons (Fsp3) is 0.917.